The third-order valence-electron chi connectivity index (χ3n) is 7.13. The molecule has 1 N–H and O–H groups in total. The summed E-state index contributed by atoms with van der Waals surface area (Å²) in [6, 6.07) is 14.3. The predicted molar refractivity (Wildman–Crippen MR) is 121 cm³/mol. The Hall–Kier alpha value is -2.48. The SMILES string of the molecule is O=C(Nc1ccc(I)cc1)c1cccc(N2C(=O)C3C4C=CC(C5CC45)C3C2=O)c1. The number of allylic oxidation sites excluding steroid dienone is 2. The summed E-state index contributed by atoms with van der Waals surface area (Å²) in [5.41, 5.74) is 1.61. The van der Waals surface area contributed by atoms with Gasteiger partial charge in [0.2, 0.25) is 11.8 Å². The summed E-state index contributed by atoms with van der Waals surface area (Å²) in [5, 5.41) is 2.87. The first-order valence-electron chi connectivity index (χ1n) is 10.3. The fourth-order valence-corrected chi connectivity index (χ4v) is 6.09. The van der Waals surface area contributed by atoms with E-state index in [1.807, 2.05) is 24.3 Å². The highest BCUT2D eigenvalue weighted by atomic mass is 127. The number of amides is 3. The molecule has 5 aliphatic rings. The van der Waals surface area contributed by atoms with Crippen molar-refractivity contribution in [3.8, 4) is 0 Å². The van der Waals surface area contributed by atoms with E-state index in [2.05, 4.69) is 40.1 Å². The van der Waals surface area contributed by atoms with Crippen molar-refractivity contribution < 1.29 is 14.4 Å². The van der Waals surface area contributed by atoms with Crippen LogP contribution in [0.3, 0.4) is 0 Å². The van der Waals surface area contributed by atoms with E-state index in [9.17, 15) is 14.4 Å². The zero-order chi connectivity index (χ0) is 20.6. The number of halogens is 1. The Bertz CT molecular complexity index is 1090. The van der Waals surface area contributed by atoms with Crippen LogP contribution in [-0.4, -0.2) is 17.7 Å². The molecule has 3 amide bonds. The summed E-state index contributed by atoms with van der Waals surface area (Å²) in [4.78, 5) is 40.6. The van der Waals surface area contributed by atoms with Gasteiger partial charge in [-0.05, 0) is 95.1 Å². The molecule has 0 spiro atoms. The number of nitrogens with one attached hydrogen (secondary N) is 1. The lowest BCUT2D eigenvalue weighted by molar-refractivity contribution is -0.124. The van der Waals surface area contributed by atoms with Crippen molar-refractivity contribution in [3.05, 3.63) is 69.8 Å². The first-order chi connectivity index (χ1) is 14.5. The van der Waals surface area contributed by atoms with Crippen LogP contribution in [0.25, 0.3) is 0 Å². The van der Waals surface area contributed by atoms with E-state index >= 15 is 0 Å². The number of hydrogen-bond donors (Lipinski definition) is 1. The second-order valence-electron chi connectivity index (χ2n) is 8.68. The van der Waals surface area contributed by atoms with Crippen LogP contribution >= 0.6 is 22.6 Å². The maximum atomic E-state index is 13.3. The number of nitrogens with zero attached hydrogens (tertiary/aromatic N) is 1. The van der Waals surface area contributed by atoms with Gasteiger partial charge >= 0.3 is 0 Å². The van der Waals surface area contributed by atoms with Crippen molar-refractivity contribution in [3.63, 3.8) is 0 Å². The van der Waals surface area contributed by atoms with Gasteiger partial charge in [-0.25, -0.2) is 4.90 Å². The third-order valence-corrected chi connectivity index (χ3v) is 7.85. The Morgan fingerprint density at radius 2 is 1.57 bits per heavy atom. The van der Waals surface area contributed by atoms with Gasteiger partial charge < -0.3 is 5.32 Å². The van der Waals surface area contributed by atoms with E-state index in [-0.39, 0.29) is 41.4 Å². The molecule has 6 heteroatoms. The zero-order valence-corrected chi connectivity index (χ0v) is 18.2. The van der Waals surface area contributed by atoms with E-state index < -0.39 is 0 Å². The molecule has 3 fully saturated rings. The lowest BCUT2D eigenvalue weighted by Crippen LogP contribution is -2.40. The van der Waals surface area contributed by atoms with Crippen molar-refractivity contribution >= 4 is 51.7 Å². The predicted octanol–water partition coefficient (Wildman–Crippen LogP) is 4.10. The van der Waals surface area contributed by atoms with E-state index in [4.69, 9.17) is 0 Å². The van der Waals surface area contributed by atoms with Crippen LogP contribution in [0, 0.1) is 39.1 Å². The fourth-order valence-electron chi connectivity index (χ4n) is 5.73. The molecule has 2 saturated carbocycles. The number of imide groups is 1. The molecule has 1 heterocycles. The van der Waals surface area contributed by atoms with Crippen molar-refractivity contribution in [1.82, 2.24) is 0 Å². The highest BCUT2D eigenvalue weighted by molar-refractivity contribution is 14.1. The van der Waals surface area contributed by atoms with Crippen molar-refractivity contribution in [2.24, 2.45) is 35.5 Å². The standard InChI is InChI=1S/C24H19IN2O3/c25-13-4-6-14(7-5-13)26-22(28)12-2-1-3-15(10-12)27-23(29)20-16-8-9-17(19-11-18(16)19)21(20)24(27)30/h1-10,16-21H,11H2,(H,26,28). The molecular weight excluding hydrogens is 491 g/mol. The van der Waals surface area contributed by atoms with Gasteiger partial charge in [0.15, 0.2) is 0 Å². The van der Waals surface area contributed by atoms with Gasteiger partial charge in [-0.2, -0.15) is 0 Å². The molecule has 0 aromatic heterocycles. The maximum absolute atomic E-state index is 13.3. The molecule has 5 nitrogen and oxygen atoms in total. The molecule has 150 valence electrons. The van der Waals surface area contributed by atoms with Crippen LogP contribution in [0.2, 0.25) is 0 Å². The van der Waals surface area contributed by atoms with Crippen LogP contribution in [0.15, 0.2) is 60.7 Å². The van der Waals surface area contributed by atoms with Gasteiger partial charge in [0.1, 0.15) is 0 Å². The van der Waals surface area contributed by atoms with Crippen molar-refractivity contribution in [2.45, 2.75) is 6.42 Å². The maximum Gasteiger partial charge on any atom is 0.255 e. The normalized spacial score (nSPS) is 32.8. The summed E-state index contributed by atoms with van der Waals surface area (Å²) in [6.07, 6.45) is 5.48. The summed E-state index contributed by atoms with van der Waals surface area (Å²) in [7, 11) is 0. The zero-order valence-electron chi connectivity index (χ0n) is 16.0. The first-order valence-corrected chi connectivity index (χ1v) is 11.3. The Morgan fingerprint density at radius 1 is 0.933 bits per heavy atom. The van der Waals surface area contributed by atoms with E-state index in [1.165, 1.54) is 4.90 Å². The molecule has 1 saturated heterocycles. The quantitative estimate of drug-likeness (QED) is 0.384. The van der Waals surface area contributed by atoms with Crippen molar-refractivity contribution in [1.29, 1.82) is 0 Å². The summed E-state index contributed by atoms with van der Waals surface area (Å²) >= 11 is 2.21. The van der Waals surface area contributed by atoms with E-state index in [0.29, 0.717) is 28.8 Å². The van der Waals surface area contributed by atoms with E-state index in [0.717, 1.165) is 9.99 Å². The molecule has 1 aliphatic heterocycles. The number of anilines is 2. The summed E-state index contributed by atoms with van der Waals surface area (Å²) < 4.78 is 1.08. The Kier molecular flexibility index (Phi) is 3.97. The molecule has 6 unspecified atom stereocenters. The molecule has 6 atom stereocenters. The minimum Gasteiger partial charge on any atom is -0.322 e. The Balaban J connectivity index is 1.28. The number of hydrogen-bond acceptors (Lipinski definition) is 3. The number of rotatable bonds is 3. The monoisotopic (exact) mass is 510 g/mol. The smallest absolute Gasteiger partial charge is 0.255 e. The number of carbonyl (C=O) groups is 3. The van der Waals surface area contributed by atoms with E-state index in [1.54, 1.807) is 24.3 Å². The lowest BCUT2D eigenvalue weighted by Gasteiger charge is -2.37. The number of benzene rings is 2. The lowest BCUT2D eigenvalue weighted by atomic mass is 9.63. The minimum absolute atomic E-state index is 0.107. The average Bonchev–Trinajstić information content (AvgIpc) is 3.53. The molecule has 30 heavy (non-hydrogen) atoms. The molecule has 7 rings (SSSR count). The first kappa shape index (κ1) is 18.3. The molecule has 4 aliphatic carbocycles. The third kappa shape index (κ3) is 2.62. The Labute approximate surface area is 187 Å². The minimum atomic E-state index is -0.266. The fraction of sp³-hybridized carbons (Fsp3) is 0.292. The highest BCUT2D eigenvalue weighted by Crippen LogP contribution is 2.65. The Morgan fingerprint density at radius 3 is 2.20 bits per heavy atom. The molecule has 2 bridgehead atoms. The van der Waals surface area contributed by atoms with Gasteiger partial charge in [-0.1, -0.05) is 18.2 Å². The van der Waals surface area contributed by atoms with Crippen LogP contribution in [-0.2, 0) is 9.59 Å². The van der Waals surface area contributed by atoms with Crippen molar-refractivity contribution in [2.75, 3.05) is 10.2 Å². The van der Waals surface area contributed by atoms with Gasteiger partial charge in [-0.3, -0.25) is 14.4 Å². The molecule has 0 radical (unpaired) electrons. The molecule has 2 aromatic rings. The second-order valence-corrected chi connectivity index (χ2v) is 9.92. The molecule has 2 aromatic carbocycles. The van der Waals surface area contributed by atoms with Gasteiger partial charge in [-0.15, -0.1) is 0 Å². The summed E-state index contributed by atoms with van der Waals surface area (Å²) in [6.45, 7) is 0. The van der Waals surface area contributed by atoms with Crippen LogP contribution in [0.4, 0.5) is 11.4 Å². The van der Waals surface area contributed by atoms with Gasteiger partial charge in [0.25, 0.3) is 5.91 Å². The van der Waals surface area contributed by atoms with Gasteiger partial charge in [0.05, 0.1) is 17.5 Å². The van der Waals surface area contributed by atoms with Crippen LogP contribution in [0.1, 0.15) is 16.8 Å². The second kappa shape index (κ2) is 6.51. The topological polar surface area (TPSA) is 66.5 Å². The number of carbonyl (C=O) groups excluding carboxylic acids is 3. The average molecular weight is 510 g/mol. The molecular formula is C24H19IN2O3. The largest absolute Gasteiger partial charge is 0.322 e. The summed E-state index contributed by atoms with van der Waals surface area (Å²) in [5.74, 6) is 0.582. The van der Waals surface area contributed by atoms with Gasteiger partial charge in [0, 0.05) is 14.8 Å². The van der Waals surface area contributed by atoms with Crippen LogP contribution in [0.5, 0.6) is 0 Å². The highest BCUT2D eigenvalue weighted by Gasteiger charge is 2.67. The van der Waals surface area contributed by atoms with Crippen LogP contribution < -0.4 is 10.2 Å².